The molecule has 9 heteroatoms. The zero-order chi connectivity index (χ0) is 18.4. The summed E-state index contributed by atoms with van der Waals surface area (Å²) in [5.41, 5.74) is 0. The summed E-state index contributed by atoms with van der Waals surface area (Å²) in [5.74, 6) is 2.62. The highest BCUT2D eigenvalue weighted by Gasteiger charge is 2.09. The van der Waals surface area contributed by atoms with Gasteiger partial charge in [0.2, 0.25) is 0 Å². The normalized spacial score (nSPS) is 10.4. The average Bonchev–Trinajstić information content (AvgIpc) is 3.05. The highest BCUT2D eigenvalue weighted by molar-refractivity contribution is 9.10. The van der Waals surface area contributed by atoms with Crippen LogP contribution in [0, 0.1) is 6.92 Å². The van der Waals surface area contributed by atoms with Crippen molar-refractivity contribution in [2.75, 3.05) is 23.7 Å². The van der Waals surface area contributed by atoms with Gasteiger partial charge in [0.1, 0.15) is 23.3 Å². The molecule has 0 fully saturated rings. The van der Waals surface area contributed by atoms with E-state index in [2.05, 4.69) is 46.8 Å². The van der Waals surface area contributed by atoms with E-state index in [1.54, 1.807) is 24.4 Å². The molecule has 0 spiro atoms. The molecule has 0 aliphatic rings. The third kappa shape index (κ3) is 5.03. The van der Waals surface area contributed by atoms with Crippen molar-refractivity contribution in [2.24, 2.45) is 0 Å². The lowest BCUT2D eigenvalue weighted by molar-refractivity contribution is 0.0926. The van der Waals surface area contributed by atoms with Crippen LogP contribution < -0.4 is 16.0 Å². The minimum Gasteiger partial charge on any atom is -0.444 e. The molecule has 0 saturated heterocycles. The second-order valence-corrected chi connectivity index (χ2v) is 6.09. The lowest BCUT2D eigenvalue weighted by Gasteiger charge is -2.10. The molecule has 26 heavy (non-hydrogen) atoms. The highest BCUT2D eigenvalue weighted by Crippen LogP contribution is 2.15. The topological polar surface area (TPSA) is 105 Å². The molecule has 0 aromatic carbocycles. The van der Waals surface area contributed by atoms with Crippen molar-refractivity contribution in [3.63, 3.8) is 0 Å². The summed E-state index contributed by atoms with van der Waals surface area (Å²) in [6.45, 7) is 2.74. The number of anilines is 3. The summed E-state index contributed by atoms with van der Waals surface area (Å²) < 4.78 is 5.72. The number of halogens is 1. The van der Waals surface area contributed by atoms with E-state index in [1.165, 1.54) is 0 Å². The summed E-state index contributed by atoms with van der Waals surface area (Å²) >= 11 is 3.17. The van der Waals surface area contributed by atoms with E-state index >= 15 is 0 Å². The number of amides is 1. The molecule has 0 unspecified atom stereocenters. The number of hydrogen-bond donors (Lipinski definition) is 3. The highest BCUT2D eigenvalue weighted by atomic mass is 79.9. The first-order valence-corrected chi connectivity index (χ1v) is 8.70. The van der Waals surface area contributed by atoms with Gasteiger partial charge >= 0.3 is 0 Å². The quantitative estimate of drug-likeness (QED) is 0.508. The van der Waals surface area contributed by atoms with E-state index in [9.17, 15) is 4.79 Å². The molecule has 3 N–H and O–H groups in total. The molecule has 0 aliphatic carbocycles. The molecule has 0 atom stereocenters. The van der Waals surface area contributed by atoms with Crippen molar-refractivity contribution in [1.29, 1.82) is 0 Å². The fourth-order valence-corrected chi connectivity index (χ4v) is 2.49. The van der Waals surface area contributed by atoms with Crippen LogP contribution in [0.3, 0.4) is 0 Å². The summed E-state index contributed by atoms with van der Waals surface area (Å²) in [6, 6.07) is 10.7. The third-order valence-electron chi connectivity index (χ3n) is 3.27. The Morgan fingerprint density at radius 3 is 2.69 bits per heavy atom. The van der Waals surface area contributed by atoms with Gasteiger partial charge in [-0.05, 0) is 47.1 Å². The lowest BCUT2D eigenvalue weighted by atomic mass is 10.4. The van der Waals surface area contributed by atoms with Gasteiger partial charge in [0.15, 0.2) is 10.4 Å². The van der Waals surface area contributed by atoms with E-state index in [4.69, 9.17) is 4.42 Å². The van der Waals surface area contributed by atoms with Crippen LogP contribution in [0.1, 0.15) is 16.4 Å². The van der Waals surface area contributed by atoms with Crippen LogP contribution in [0.25, 0.3) is 0 Å². The predicted molar refractivity (Wildman–Crippen MR) is 102 cm³/mol. The first kappa shape index (κ1) is 17.9. The number of furan rings is 1. The number of aryl methyl sites for hydroxylation is 1. The van der Waals surface area contributed by atoms with Gasteiger partial charge in [-0.1, -0.05) is 6.07 Å². The van der Waals surface area contributed by atoms with Crippen molar-refractivity contribution in [3.8, 4) is 0 Å². The average molecular weight is 417 g/mol. The summed E-state index contributed by atoms with van der Waals surface area (Å²) in [4.78, 5) is 24.8. The SMILES string of the molecule is Cc1nc(NCCNC(=O)c2ccc(Br)o2)cc(Nc2ccccn2)n1. The van der Waals surface area contributed by atoms with Gasteiger partial charge in [-0.25, -0.2) is 15.0 Å². The predicted octanol–water partition coefficient (Wildman–Crippen LogP) is 3.12. The Labute approximate surface area is 158 Å². The van der Waals surface area contributed by atoms with Crippen LogP contribution in [0.15, 0.2) is 51.7 Å². The van der Waals surface area contributed by atoms with Gasteiger partial charge in [-0.2, -0.15) is 0 Å². The van der Waals surface area contributed by atoms with Gasteiger partial charge in [0.25, 0.3) is 5.91 Å². The maximum atomic E-state index is 11.9. The van der Waals surface area contributed by atoms with Crippen molar-refractivity contribution < 1.29 is 9.21 Å². The number of nitrogens with zero attached hydrogens (tertiary/aromatic N) is 3. The summed E-state index contributed by atoms with van der Waals surface area (Å²) in [5, 5.41) is 9.05. The van der Waals surface area contributed by atoms with Crippen molar-refractivity contribution in [2.45, 2.75) is 6.92 Å². The molecule has 0 saturated carbocycles. The molecule has 3 aromatic heterocycles. The minimum atomic E-state index is -0.270. The van der Waals surface area contributed by atoms with E-state index in [-0.39, 0.29) is 11.7 Å². The molecule has 1 amide bonds. The van der Waals surface area contributed by atoms with E-state index in [0.29, 0.717) is 41.0 Å². The molecule has 8 nitrogen and oxygen atoms in total. The molecular formula is C17H17BrN6O2. The van der Waals surface area contributed by atoms with Gasteiger partial charge in [-0.15, -0.1) is 0 Å². The Morgan fingerprint density at radius 2 is 1.96 bits per heavy atom. The van der Waals surface area contributed by atoms with Gasteiger partial charge in [-0.3, -0.25) is 4.79 Å². The minimum absolute atomic E-state index is 0.261. The molecular weight excluding hydrogens is 400 g/mol. The van der Waals surface area contributed by atoms with Crippen LogP contribution in [0.5, 0.6) is 0 Å². The molecule has 134 valence electrons. The van der Waals surface area contributed by atoms with Crippen LogP contribution in [-0.4, -0.2) is 33.9 Å². The van der Waals surface area contributed by atoms with Crippen molar-refractivity contribution in [1.82, 2.24) is 20.3 Å². The largest absolute Gasteiger partial charge is 0.444 e. The standard InChI is InChI=1S/C17H17BrN6O2/c1-11-22-15(10-16(23-11)24-14-4-2-3-7-19-14)20-8-9-21-17(25)12-5-6-13(18)26-12/h2-7,10H,8-9H2,1H3,(H,21,25)(H2,19,20,22,23,24). The van der Waals surface area contributed by atoms with E-state index in [1.807, 2.05) is 25.1 Å². The molecule has 3 aromatic rings. The maximum Gasteiger partial charge on any atom is 0.287 e. The number of carbonyl (C=O) groups excluding carboxylic acids is 1. The van der Waals surface area contributed by atoms with Crippen LogP contribution in [0.4, 0.5) is 17.5 Å². The first-order valence-electron chi connectivity index (χ1n) is 7.91. The Bertz CT molecular complexity index is 884. The third-order valence-corrected chi connectivity index (χ3v) is 3.70. The van der Waals surface area contributed by atoms with Crippen LogP contribution in [0.2, 0.25) is 0 Å². The fourth-order valence-electron chi connectivity index (χ4n) is 2.18. The summed E-state index contributed by atoms with van der Waals surface area (Å²) in [6.07, 6.45) is 1.70. The van der Waals surface area contributed by atoms with Gasteiger partial charge < -0.3 is 20.4 Å². The molecule has 0 aliphatic heterocycles. The van der Waals surface area contributed by atoms with Crippen molar-refractivity contribution in [3.05, 3.63) is 58.8 Å². The molecule has 3 rings (SSSR count). The number of pyridine rings is 1. The second kappa shape index (κ2) is 8.43. The monoisotopic (exact) mass is 416 g/mol. The molecule has 3 heterocycles. The number of aromatic nitrogens is 3. The lowest BCUT2D eigenvalue weighted by Crippen LogP contribution is -2.28. The molecule has 0 bridgehead atoms. The fraction of sp³-hybridized carbons (Fsp3) is 0.176. The van der Waals surface area contributed by atoms with Crippen LogP contribution >= 0.6 is 15.9 Å². The summed E-state index contributed by atoms with van der Waals surface area (Å²) in [7, 11) is 0. The van der Waals surface area contributed by atoms with Gasteiger partial charge in [0.05, 0.1) is 0 Å². The molecule has 0 radical (unpaired) electrons. The second-order valence-electron chi connectivity index (χ2n) is 5.31. The van der Waals surface area contributed by atoms with E-state index in [0.717, 1.165) is 0 Å². The Balaban J connectivity index is 1.52. The zero-order valence-electron chi connectivity index (χ0n) is 14.0. The maximum absolute atomic E-state index is 11.9. The number of hydrogen-bond acceptors (Lipinski definition) is 7. The Kier molecular flexibility index (Phi) is 5.80. The first-order chi connectivity index (χ1) is 12.6. The number of rotatable bonds is 7. The van der Waals surface area contributed by atoms with Crippen molar-refractivity contribution >= 4 is 39.3 Å². The Morgan fingerprint density at radius 1 is 1.12 bits per heavy atom. The number of carbonyl (C=O) groups is 1. The number of nitrogens with one attached hydrogen (secondary N) is 3. The van der Waals surface area contributed by atoms with E-state index < -0.39 is 0 Å². The van der Waals surface area contributed by atoms with Gasteiger partial charge in [0, 0.05) is 25.4 Å². The zero-order valence-corrected chi connectivity index (χ0v) is 15.6. The smallest absolute Gasteiger partial charge is 0.287 e. The van der Waals surface area contributed by atoms with Crippen LogP contribution in [-0.2, 0) is 0 Å². The Hall–Kier alpha value is -2.94.